The van der Waals surface area contributed by atoms with Crippen LogP contribution in [0.2, 0.25) is 0 Å². The zero-order valence-electron chi connectivity index (χ0n) is 16.1. The summed E-state index contributed by atoms with van der Waals surface area (Å²) in [7, 11) is 0. The van der Waals surface area contributed by atoms with Crippen LogP contribution in [0.3, 0.4) is 0 Å². The standard InChI is InChI=1S/C20H36N2O3/c1-3-21(4-2)12-10-18-15-22(13-11-17(18)14-19(23)24)20(25)16-8-6-5-7-9-16/h16-18H,3-15H2,1-2H3,(H,23,24). The zero-order chi connectivity index (χ0) is 18.2. The van der Waals surface area contributed by atoms with Gasteiger partial charge in [-0.1, -0.05) is 33.1 Å². The monoisotopic (exact) mass is 352 g/mol. The SMILES string of the molecule is CCN(CC)CCC1CN(C(=O)C2CCCCC2)CCC1CC(=O)O. The summed E-state index contributed by atoms with van der Waals surface area (Å²) < 4.78 is 0. The van der Waals surface area contributed by atoms with Crippen LogP contribution in [0.1, 0.15) is 65.2 Å². The summed E-state index contributed by atoms with van der Waals surface area (Å²) in [5.41, 5.74) is 0. The lowest BCUT2D eigenvalue weighted by Crippen LogP contribution is -2.47. The molecule has 144 valence electrons. The second kappa shape index (κ2) is 10.1. The summed E-state index contributed by atoms with van der Waals surface area (Å²) >= 11 is 0. The Kier molecular flexibility index (Phi) is 8.20. The van der Waals surface area contributed by atoms with Gasteiger partial charge in [0.25, 0.3) is 0 Å². The molecular formula is C20H36N2O3. The fourth-order valence-electron chi connectivity index (χ4n) is 4.60. The number of hydrogen-bond donors (Lipinski definition) is 1. The van der Waals surface area contributed by atoms with E-state index in [1.807, 2.05) is 0 Å². The van der Waals surface area contributed by atoms with Gasteiger partial charge in [-0.3, -0.25) is 9.59 Å². The molecule has 1 saturated carbocycles. The van der Waals surface area contributed by atoms with Crippen LogP contribution < -0.4 is 0 Å². The van der Waals surface area contributed by atoms with Crippen molar-refractivity contribution in [1.29, 1.82) is 0 Å². The second-order valence-electron chi connectivity index (χ2n) is 7.84. The third kappa shape index (κ3) is 5.98. The molecule has 2 unspecified atom stereocenters. The maximum atomic E-state index is 12.9. The molecule has 2 rings (SSSR count). The van der Waals surface area contributed by atoms with Crippen LogP contribution in [0.4, 0.5) is 0 Å². The normalized spacial score (nSPS) is 25.3. The van der Waals surface area contributed by atoms with Gasteiger partial charge in [0.1, 0.15) is 0 Å². The molecule has 2 fully saturated rings. The molecule has 1 aliphatic heterocycles. The molecule has 0 spiro atoms. The number of nitrogens with zero attached hydrogens (tertiary/aromatic N) is 2. The topological polar surface area (TPSA) is 60.9 Å². The Balaban J connectivity index is 1.96. The molecular weight excluding hydrogens is 316 g/mol. The Morgan fingerprint density at radius 3 is 2.32 bits per heavy atom. The van der Waals surface area contributed by atoms with E-state index in [4.69, 9.17) is 0 Å². The van der Waals surface area contributed by atoms with Crippen LogP contribution in [-0.2, 0) is 9.59 Å². The highest BCUT2D eigenvalue weighted by Crippen LogP contribution is 2.32. The summed E-state index contributed by atoms with van der Waals surface area (Å²) in [5, 5.41) is 9.24. The molecule has 0 bridgehead atoms. The number of carboxylic acid groups (broad SMARTS) is 1. The van der Waals surface area contributed by atoms with Crippen LogP contribution in [0.5, 0.6) is 0 Å². The number of likely N-dealkylation sites (tertiary alicyclic amines) is 1. The summed E-state index contributed by atoms with van der Waals surface area (Å²) in [6, 6.07) is 0. The highest BCUT2D eigenvalue weighted by Gasteiger charge is 2.35. The molecule has 25 heavy (non-hydrogen) atoms. The highest BCUT2D eigenvalue weighted by molar-refractivity contribution is 5.79. The number of piperidine rings is 1. The summed E-state index contributed by atoms with van der Waals surface area (Å²) in [5.74, 6) is 0.376. The average Bonchev–Trinajstić information content (AvgIpc) is 2.63. The zero-order valence-corrected chi connectivity index (χ0v) is 16.1. The smallest absolute Gasteiger partial charge is 0.303 e. The Morgan fingerprint density at radius 2 is 1.72 bits per heavy atom. The molecule has 0 aromatic heterocycles. The summed E-state index contributed by atoms with van der Waals surface area (Å²) in [6.45, 7) is 8.88. The average molecular weight is 353 g/mol. The van der Waals surface area contributed by atoms with E-state index >= 15 is 0 Å². The number of carboxylic acids is 1. The molecule has 2 atom stereocenters. The van der Waals surface area contributed by atoms with E-state index in [0.29, 0.717) is 11.8 Å². The van der Waals surface area contributed by atoms with Gasteiger partial charge in [-0.25, -0.2) is 0 Å². The predicted octanol–water partition coefficient (Wildman–Crippen LogP) is 3.24. The number of hydrogen-bond acceptors (Lipinski definition) is 3. The molecule has 2 aliphatic rings. The van der Waals surface area contributed by atoms with Gasteiger partial charge >= 0.3 is 5.97 Å². The lowest BCUT2D eigenvalue weighted by Gasteiger charge is -2.40. The van der Waals surface area contributed by atoms with Gasteiger partial charge in [0, 0.05) is 25.4 Å². The van der Waals surface area contributed by atoms with Gasteiger partial charge in [-0.05, 0) is 57.2 Å². The number of carbonyl (C=O) groups excluding carboxylic acids is 1. The Hall–Kier alpha value is -1.10. The maximum Gasteiger partial charge on any atom is 0.303 e. The predicted molar refractivity (Wildman–Crippen MR) is 99.4 cm³/mol. The van der Waals surface area contributed by atoms with Gasteiger partial charge < -0.3 is 14.9 Å². The van der Waals surface area contributed by atoms with Crippen molar-refractivity contribution >= 4 is 11.9 Å². The quantitative estimate of drug-likeness (QED) is 0.728. The molecule has 0 radical (unpaired) electrons. The van der Waals surface area contributed by atoms with Crippen molar-refractivity contribution in [3.8, 4) is 0 Å². The lowest BCUT2D eigenvalue weighted by atomic mass is 9.80. The molecule has 1 heterocycles. The van der Waals surface area contributed by atoms with E-state index in [1.54, 1.807) is 0 Å². The third-order valence-corrected chi connectivity index (χ3v) is 6.30. The molecule has 1 saturated heterocycles. The number of aliphatic carboxylic acids is 1. The molecule has 5 nitrogen and oxygen atoms in total. The molecule has 1 N–H and O–H groups in total. The molecule has 0 aromatic carbocycles. The van der Waals surface area contributed by atoms with Gasteiger partial charge in [0.2, 0.25) is 5.91 Å². The molecule has 0 aromatic rings. The fraction of sp³-hybridized carbons (Fsp3) is 0.900. The van der Waals surface area contributed by atoms with Crippen LogP contribution in [0, 0.1) is 17.8 Å². The minimum Gasteiger partial charge on any atom is -0.481 e. The minimum atomic E-state index is -0.704. The third-order valence-electron chi connectivity index (χ3n) is 6.30. The first-order chi connectivity index (χ1) is 12.0. The van der Waals surface area contributed by atoms with Gasteiger partial charge in [-0.15, -0.1) is 0 Å². The minimum absolute atomic E-state index is 0.212. The summed E-state index contributed by atoms with van der Waals surface area (Å²) in [4.78, 5) is 28.6. The van der Waals surface area contributed by atoms with Crippen molar-refractivity contribution < 1.29 is 14.7 Å². The van der Waals surface area contributed by atoms with Crippen LogP contribution in [0.15, 0.2) is 0 Å². The van der Waals surface area contributed by atoms with E-state index in [-0.39, 0.29) is 18.3 Å². The maximum absolute atomic E-state index is 12.9. The Morgan fingerprint density at radius 1 is 1.04 bits per heavy atom. The lowest BCUT2D eigenvalue weighted by molar-refractivity contribution is -0.141. The summed E-state index contributed by atoms with van der Waals surface area (Å²) in [6.07, 6.45) is 7.78. The molecule has 1 amide bonds. The van der Waals surface area contributed by atoms with Crippen LogP contribution >= 0.6 is 0 Å². The number of amides is 1. The number of rotatable bonds is 8. The van der Waals surface area contributed by atoms with Crippen molar-refractivity contribution in [2.75, 3.05) is 32.7 Å². The van der Waals surface area contributed by atoms with Crippen molar-refractivity contribution in [1.82, 2.24) is 9.80 Å². The van der Waals surface area contributed by atoms with Crippen molar-refractivity contribution in [3.63, 3.8) is 0 Å². The van der Waals surface area contributed by atoms with Crippen LogP contribution in [-0.4, -0.2) is 59.5 Å². The van der Waals surface area contributed by atoms with Crippen LogP contribution in [0.25, 0.3) is 0 Å². The van der Waals surface area contributed by atoms with Gasteiger partial charge in [0.15, 0.2) is 0 Å². The van der Waals surface area contributed by atoms with E-state index in [2.05, 4.69) is 23.6 Å². The Bertz CT molecular complexity index is 431. The Labute approximate surface area is 152 Å². The van der Waals surface area contributed by atoms with E-state index in [0.717, 1.165) is 58.4 Å². The van der Waals surface area contributed by atoms with E-state index in [9.17, 15) is 14.7 Å². The first-order valence-corrected chi connectivity index (χ1v) is 10.3. The second-order valence-corrected chi connectivity index (χ2v) is 7.84. The van der Waals surface area contributed by atoms with E-state index in [1.165, 1.54) is 19.3 Å². The van der Waals surface area contributed by atoms with Gasteiger partial charge in [0.05, 0.1) is 0 Å². The highest BCUT2D eigenvalue weighted by atomic mass is 16.4. The van der Waals surface area contributed by atoms with Crippen molar-refractivity contribution in [2.24, 2.45) is 17.8 Å². The fourth-order valence-corrected chi connectivity index (χ4v) is 4.60. The van der Waals surface area contributed by atoms with Crippen molar-refractivity contribution in [3.05, 3.63) is 0 Å². The first-order valence-electron chi connectivity index (χ1n) is 10.3. The van der Waals surface area contributed by atoms with Crippen molar-refractivity contribution in [2.45, 2.75) is 65.2 Å². The van der Waals surface area contributed by atoms with E-state index < -0.39 is 5.97 Å². The first kappa shape index (κ1) is 20.2. The molecule has 1 aliphatic carbocycles. The number of carbonyl (C=O) groups is 2. The van der Waals surface area contributed by atoms with Gasteiger partial charge in [-0.2, -0.15) is 0 Å². The largest absolute Gasteiger partial charge is 0.481 e. The molecule has 5 heteroatoms.